The van der Waals surface area contributed by atoms with E-state index in [1.165, 1.54) is 22.3 Å². The summed E-state index contributed by atoms with van der Waals surface area (Å²) in [6, 6.07) is 10.9. The molecule has 0 fully saturated rings. The zero-order valence-electron chi connectivity index (χ0n) is 15.8. The highest BCUT2D eigenvalue weighted by atomic mass is 16.5. The van der Waals surface area contributed by atoms with Gasteiger partial charge in [0.05, 0.1) is 21.3 Å². The first-order chi connectivity index (χ1) is 12.1. The Labute approximate surface area is 150 Å². The van der Waals surface area contributed by atoms with E-state index < -0.39 is 0 Å². The normalized spacial score (nSPS) is 17.6. The summed E-state index contributed by atoms with van der Waals surface area (Å²) >= 11 is 0. The molecule has 0 spiro atoms. The molecule has 0 aromatic heterocycles. The van der Waals surface area contributed by atoms with Crippen LogP contribution in [0.15, 0.2) is 30.3 Å². The first kappa shape index (κ1) is 17.6. The SMILES string of the molecule is COc1cc2c(c(OC)c1OC)CCN(C)CC2c1cccc(C)c1. The third-order valence-corrected chi connectivity index (χ3v) is 5.03. The van der Waals surface area contributed by atoms with E-state index >= 15 is 0 Å². The van der Waals surface area contributed by atoms with Gasteiger partial charge in [-0.25, -0.2) is 0 Å². The zero-order chi connectivity index (χ0) is 18.0. The van der Waals surface area contributed by atoms with Gasteiger partial charge in [0.1, 0.15) is 0 Å². The van der Waals surface area contributed by atoms with E-state index in [1.54, 1.807) is 21.3 Å². The number of hydrogen-bond acceptors (Lipinski definition) is 4. The van der Waals surface area contributed by atoms with Gasteiger partial charge < -0.3 is 19.1 Å². The third-order valence-electron chi connectivity index (χ3n) is 5.03. The summed E-state index contributed by atoms with van der Waals surface area (Å²) in [5, 5.41) is 0. The van der Waals surface area contributed by atoms with Crippen molar-refractivity contribution in [1.82, 2.24) is 4.90 Å². The number of benzene rings is 2. The van der Waals surface area contributed by atoms with Crippen molar-refractivity contribution in [3.8, 4) is 17.2 Å². The highest BCUT2D eigenvalue weighted by molar-refractivity contribution is 5.61. The molecule has 0 N–H and O–H groups in total. The van der Waals surface area contributed by atoms with Gasteiger partial charge in [0.25, 0.3) is 0 Å². The fraction of sp³-hybridized carbons (Fsp3) is 0.429. The van der Waals surface area contributed by atoms with E-state index in [9.17, 15) is 0 Å². The maximum absolute atomic E-state index is 5.75. The van der Waals surface area contributed by atoms with E-state index in [0.717, 1.165) is 31.0 Å². The van der Waals surface area contributed by atoms with E-state index in [2.05, 4.69) is 49.2 Å². The molecule has 1 aliphatic heterocycles. The predicted molar refractivity (Wildman–Crippen MR) is 100 cm³/mol. The smallest absolute Gasteiger partial charge is 0.203 e. The molecule has 1 heterocycles. The lowest BCUT2D eigenvalue weighted by Crippen LogP contribution is -2.24. The Morgan fingerprint density at radius 1 is 1.00 bits per heavy atom. The Morgan fingerprint density at radius 2 is 1.76 bits per heavy atom. The average Bonchev–Trinajstić information content (AvgIpc) is 2.79. The maximum atomic E-state index is 5.75. The van der Waals surface area contributed by atoms with Crippen LogP contribution in [0.4, 0.5) is 0 Å². The molecule has 2 aromatic carbocycles. The molecule has 1 atom stereocenters. The second kappa shape index (κ2) is 7.36. The van der Waals surface area contributed by atoms with Crippen LogP contribution in [0.25, 0.3) is 0 Å². The Balaban J connectivity index is 2.23. The van der Waals surface area contributed by atoms with Crippen LogP contribution in [0.2, 0.25) is 0 Å². The highest BCUT2D eigenvalue weighted by Crippen LogP contribution is 2.46. The number of nitrogens with zero attached hydrogens (tertiary/aromatic N) is 1. The minimum Gasteiger partial charge on any atom is -0.493 e. The van der Waals surface area contributed by atoms with Crippen molar-refractivity contribution in [2.45, 2.75) is 19.3 Å². The Kier molecular flexibility index (Phi) is 5.19. The van der Waals surface area contributed by atoms with Crippen LogP contribution < -0.4 is 14.2 Å². The average molecular weight is 341 g/mol. The van der Waals surface area contributed by atoms with Crippen LogP contribution in [-0.4, -0.2) is 46.4 Å². The van der Waals surface area contributed by atoms with E-state index in [4.69, 9.17) is 14.2 Å². The number of hydrogen-bond donors (Lipinski definition) is 0. The number of likely N-dealkylation sites (N-methyl/N-ethyl adjacent to an activating group) is 1. The molecule has 4 heteroatoms. The van der Waals surface area contributed by atoms with Gasteiger partial charge in [0, 0.05) is 24.6 Å². The molecule has 134 valence electrons. The van der Waals surface area contributed by atoms with Crippen molar-refractivity contribution < 1.29 is 14.2 Å². The fourth-order valence-electron chi connectivity index (χ4n) is 3.78. The molecular formula is C21H27NO3. The lowest BCUT2D eigenvalue weighted by molar-refractivity contribution is 0.320. The molecule has 1 unspecified atom stereocenters. The van der Waals surface area contributed by atoms with Gasteiger partial charge in [0.15, 0.2) is 11.5 Å². The molecule has 3 rings (SSSR count). The molecule has 2 aromatic rings. The minimum absolute atomic E-state index is 0.274. The molecule has 0 aliphatic carbocycles. The lowest BCUT2D eigenvalue weighted by Gasteiger charge is -2.24. The molecule has 0 saturated carbocycles. The number of ether oxygens (including phenoxy) is 3. The lowest BCUT2D eigenvalue weighted by atomic mass is 9.86. The van der Waals surface area contributed by atoms with Gasteiger partial charge in [0.2, 0.25) is 5.75 Å². The van der Waals surface area contributed by atoms with Crippen molar-refractivity contribution in [2.75, 3.05) is 41.5 Å². The first-order valence-corrected chi connectivity index (χ1v) is 8.65. The summed E-state index contributed by atoms with van der Waals surface area (Å²) in [6.45, 7) is 4.09. The summed E-state index contributed by atoms with van der Waals surface area (Å²) in [4.78, 5) is 2.38. The van der Waals surface area contributed by atoms with Gasteiger partial charge >= 0.3 is 0 Å². The quantitative estimate of drug-likeness (QED) is 0.849. The zero-order valence-corrected chi connectivity index (χ0v) is 15.8. The predicted octanol–water partition coefficient (Wildman–Crippen LogP) is 3.64. The van der Waals surface area contributed by atoms with Crippen LogP contribution in [0, 0.1) is 6.92 Å². The van der Waals surface area contributed by atoms with Crippen LogP contribution >= 0.6 is 0 Å². The van der Waals surface area contributed by atoms with Crippen molar-refractivity contribution >= 4 is 0 Å². The Hall–Kier alpha value is -2.20. The third kappa shape index (κ3) is 3.31. The van der Waals surface area contributed by atoms with Gasteiger partial charge in [-0.2, -0.15) is 0 Å². The van der Waals surface area contributed by atoms with Crippen molar-refractivity contribution in [3.63, 3.8) is 0 Å². The monoisotopic (exact) mass is 341 g/mol. The number of methoxy groups -OCH3 is 3. The molecule has 0 bridgehead atoms. The highest BCUT2D eigenvalue weighted by Gasteiger charge is 2.29. The second-order valence-corrected chi connectivity index (χ2v) is 6.69. The summed E-state index contributed by atoms with van der Waals surface area (Å²) in [6.07, 6.45) is 0.928. The molecule has 0 amide bonds. The molecular weight excluding hydrogens is 314 g/mol. The second-order valence-electron chi connectivity index (χ2n) is 6.69. The van der Waals surface area contributed by atoms with Gasteiger partial charge in [-0.05, 0) is 37.6 Å². The van der Waals surface area contributed by atoms with Crippen LogP contribution in [0.5, 0.6) is 17.2 Å². The molecule has 0 radical (unpaired) electrons. The van der Waals surface area contributed by atoms with E-state index in [1.807, 2.05) is 0 Å². The fourth-order valence-corrected chi connectivity index (χ4v) is 3.78. The summed E-state index contributed by atoms with van der Waals surface area (Å²) in [5.74, 6) is 2.47. The summed E-state index contributed by atoms with van der Waals surface area (Å²) in [7, 11) is 7.21. The van der Waals surface area contributed by atoms with Crippen LogP contribution in [0.3, 0.4) is 0 Å². The summed E-state index contributed by atoms with van der Waals surface area (Å²) in [5.41, 5.74) is 5.09. The standard InChI is InChI=1S/C21H27NO3/c1-14-7-6-8-15(11-14)18-13-22(2)10-9-16-17(18)12-19(23-3)21(25-5)20(16)24-4/h6-8,11-12,18H,9-10,13H2,1-5H3. The van der Waals surface area contributed by atoms with Crippen molar-refractivity contribution in [1.29, 1.82) is 0 Å². The van der Waals surface area contributed by atoms with Crippen molar-refractivity contribution in [3.05, 3.63) is 52.6 Å². The molecule has 0 saturated heterocycles. The Morgan fingerprint density at radius 3 is 2.40 bits per heavy atom. The van der Waals surface area contributed by atoms with E-state index in [0.29, 0.717) is 5.75 Å². The number of rotatable bonds is 4. The van der Waals surface area contributed by atoms with Crippen molar-refractivity contribution in [2.24, 2.45) is 0 Å². The van der Waals surface area contributed by atoms with Crippen LogP contribution in [-0.2, 0) is 6.42 Å². The van der Waals surface area contributed by atoms with Gasteiger partial charge in [-0.1, -0.05) is 29.8 Å². The number of fused-ring (bicyclic) bond motifs is 1. The number of aryl methyl sites for hydroxylation is 1. The topological polar surface area (TPSA) is 30.9 Å². The van der Waals surface area contributed by atoms with Gasteiger partial charge in [-0.15, -0.1) is 0 Å². The molecule has 25 heavy (non-hydrogen) atoms. The Bertz CT molecular complexity index is 757. The van der Waals surface area contributed by atoms with Crippen LogP contribution in [0.1, 0.15) is 28.2 Å². The minimum atomic E-state index is 0.274. The molecule has 4 nitrogen and oxygen atoms in total. The van der Waals surface area contributed by atoms with E-state index in [-0.39, 0.29) is 5.92 Å². The maximum Gasteiger partial charge on any atom is 0.203 e. The largest absolute Gasteiger partial charge is 0.493 e. The van der Waals surface area contributed by atoms with Gasteiger partial charge in [-0.3, -0.25) is 0 Å². The summed E-state index contributed by atoms with van der Waals surface area (Å²) < 4.78 is 16.9. The molecule has 1 aliphatic rings. The first-order valence-electron chi connectivity index (χ1n) is 8.65.